The summed E-state index contributed by atoms with van der Waals surface area (Å²) < 4.78 is 11.2. The number of carbonyl (C=O) groups excluding carboxylic acids is 1. The summed E-state index contributed by atoms with van der Waals surface area (Å²) >= 11 is 0. The molecular formula is C20H29NO3. The summed E-state index contributed by atoms with van der Waals surface area (Å²) in [6.45, 7) is 7.14. The van der Waals surface area contributed by atoms with Gasteiger partial charge in [0.2, 0.25) is 5.91 Å². The van der Waals surface area contributed by atoms with Gasteiger partial charge >= 0.3 is 0 Å². The predicted octanol–water partition coefficient (Wildman–Crippen LogP) is 2.97. The van der Waals surface area contributed by atoms with Gasteiger partial charge in [0, 0.05) is 31.8 Å². The summed E-state index contributed by atoms with van der Waals surface area (Å²) in [5.74, 6) is 0.120. The van der Waals surface area contributed by atoms with Crippen molar-refractivity contribution in [1.82, 2.24) is 5.32 Å². The maximum Gasteiger partial charge on any atom is 0.225 e. The second-order valence-electron chi connectivity index (χ2n) is 7.25. The zero-order valence-electron chi connectivity index (χ0n) is 14.8. The molecule has 2 aliphatic rings. The topological polar surface area (TPSA) is 47.6 Å². The molecule has 2 atom stereocenters. The highest BCUT2D eigenvalue weighted by atomic mass is 16.5. The Hall–Kier alpha value is -1.39. The zero-order chi connectivity index (χ0) is 17.0. The van der Waals surface area contributed by atoms with Crippen molar-refractivity contribution in [3.8, 4) is 0 Å². The molecule has 1 N–H and O–H groups in total. The highest BCUT2D eigenvalue weighted by Crippen LogP contribution is 2.36. The molecule has 1 aromatic rings. The summed E-state index contributed by atoms with van der Waals surface area (Å²) in [6, 6.07) is 8.54. The van der Waals surface area contributed by atoms with Crippen LogP contribution in [0.3, 0.4) is 0 Å². The smallest absolute Gasteiger partial charge is 0.225 e. The van der Waals surface area contributed by atoms with E-state index in [2.05, 4.69) is 36.5 Å². The molecule has 3 rings (SSSR count). The summed E-state index contributed by atoms with van der Waals surface area (Å²) in [7, 11) is 0. The molecule has 1 aromatic carbocycles. The second-order valence-corrected chi connectivity index (χ2v) is 7.25. The van der Waals surface area contributed by atoms with E-state index in [-0.39, 0.29) is 23.3 Å². The van der Waals surface area contributed by atoms with Crippen LogP contribution in [0.1, 0.15) is 43.7 Å². The lowest BCUT2D eigenvalue weighted by Gasteiger charge is -2.39. The lowest BCUT2D eigenvalue weighted by Crippen LogP contribution is -2.48. The second kappa shape index (κ2) is 7.66. The van der Waals surface area contributed by atoms with Gasteiger partial charge in [-0.2, -0.15) is 0 Å². The monoisotopic (exact) mass is 331 g/mol. The Bertz CT molecular complexity index is 566. The number of rotatable bonds is 4. The minimum absolute atomic E-state index is 0.0159. The predicted molar refractivity (Wildman–Crippen MR) is 94.1 cm³/mol. The lowest BCUT2D eigenvalue weighted by molar-refractivity contribution is -0.133. The fraction of sp³-hybridized carbons (Fsp3) is 0.650. The maximum absolute atomic E-state index is 12.7. The van der Waals surface area contributed by atoms with Gasteiger partial charge in [0.1, 0.15) is 0 Å². The van der Waals surface area contributed by atoms with Crippen LogP contribution in [0.15, 0.2) is 24.3 Å². The van der Waals surface area contributed by atoms with Crippen molar-refractivity contribution in [2.24, 2.45) is 5.92 Å². The molecule has 0 bridgehead atoms. The van der Waals surface area contributed by atoms with E-state index in [1.807, 2.05) is 6.92 Å². The first kappa shape index (κ1) is 17.4. The fourth-order valence-corrected chi connectivity index (χ4v) is 4.13. The number of nitrogens with one attached hydrogen (secondary N) is 1. The van der Waals surface area contributed by atoms with E-state index in [0.29, 0.717) is 6.54 Å². The van der Waals surface area contributed by atoms with Gasteiger partial charge in [-0.05, 0) is 50.7 Å². The van der Waals surface area contributed by atoms with Gasteiger partial charge in [-0.1, -0.05) is 24.3 Å². The zero-order valence-corrected chi connectivity index (χ0v) is 14.8. The fourth-order valence-electron chi connectivity index (χ4n) is 4.13. The molecule has 0 spiro atoms. The number of ether oxygens (including phenoxy) is 2. The van der Waals surface area contributed by atoms with E-state index in [0.717, 1.165) is 45.5 Å². The number of benzene rings is 1. The van der Waals surface area contributed by atoms with Crippen molar-refractivity contribution >= 4 is 5.91 Å². The molecule has 2 saturated heterocycles. The summed E-state index contributed by atoms with van der Waals surface area (Å²) in [5, 5.41) is 3.24. The van der Waals surface area contributed by atoms with Crippen molar-refractivity contribution in [1.29, 1.82) is 0 Å². The molecule has 0 radical (unpaired) electrons. The first-order valence-corrected chi connectivity index (χ1v) is 9.16. The molecule has 4 nitrogen and oxygen atoms in total. The Balaban J connectivity index is 1.73. The first-order valence-electron chi connectivity index (χ1n) is 9.16. The molecular weight excluding hydrogens is 302 g/mol. The summed E-state index contributed by atoms with van der Waals surface area (Å²) in [6.07, 6.45) is 3.82. The van der Waals surface area contributed by atoms with E-state index < -0.39 is 0 Å². The molecule has 2 heterocycles. The number of hydrogen-bond acceptors (Lipinski definition) is 3. The van der Waals surface area contributed by atoms with E-state index in [1.54, 1.807) is 0 Å². The van der Waals surface area contributed by atoms with E-state index >= 15 is 0 Å². The Morgan fingerprint density at radius 2 is 2.00 bits per heavy atom. The third kappa shape index (κ3) is 3.65. The van der Waals surface area contributed by atoms with Crippen LogP contribution in [0.25, 0.3) is 0 Å². The van der Waals surface area contributed by atoms with Gasteiger partial charge in [0.15, 0.2) is 0 Å². The number of carbonyl (C=O) groups is 1. The third-order valence-electron chi connectivity index (χ3n) is 5.71. The van der Waals surface area contributed by atoms with E-state index in [4.69, 9.17) is 9.47 Å². The molecule has 0 aromatic heterocycles. The van der Waals surface area contributed by atoms with Crippen LogP contribution in [0.5, 0.6) is 0 Å². The first-order chi connectivity index (χ1) is 11.6. The number of amides is 1. The quantitative estimate of drug-likeness (QED) is 0.923. The Morgan fingerprint density at radius 1 is 1.25 bits per heavy atom. The summed E-state index contributed by atoms with van der Waals surface area (Å²) in [4.78, 5) is 12.7. The van der Waals surface area contributed by atoms with E-state index in [1.165, 1.54) is 11.1 Å². The van der Waals surface area contributed by atoms with Gasteiger partial charge in [-0.25, -0.2) is 0 Å². The van der Waals surface area contributed by atoms with Crippen LogP contribution in [0.2, 0.25) is 0 Å². The molecule has 0 saturated carbocycles. The van der Waals surface area contributed by atoms with Crippen LogP contribution in [0, 0.1) is 12.8 Å². The van der Waals surface area contributed by atoms with Crippen LogP contribution in [-0.2, 0) is 19.7 Å². The Labute approximate surface area is 144 Å². The normalized spacial score (nSPS) is 26.8. The van der Waals surface area contributed by atoms with Crippen molar-refractivity contribution < 1.29 is 14.3 Å². The van der Waals surface area contributed by atoms with Crippen molar-refractivity contribution in [3.05, 3.63) is 35.4 Å². The standard InChI is InChI=1S/C20H29NO3/c1-15-6-3-4-8-18(15)20(9-12-23-13-10-20)14-21-19(22)17-7-5-11-24-16(17)2/h3-4,6,8,16-17H,5,7,9-14H2,1-2H3,(H,21,22)/t16-,17-/m0/s1. The number of hydrogen-bond donors (Lipinski definition) is 1. The largest absolute Gasteiger partial charge is 0.381 e. The molecule has 132 valence electrons. The average Bonchev–Trinajstić information content (AvgIpc) is 2.61. The van der Waals surface area contributed by atoms with Crippen LogP contribution in [-0.4, -0.2) is 38.4 Å². The lowest BCUT2D eigenvalue weighted by atomic mass is 9.72. The highest BCUT2D eigenvalue weighted by molar-refractivity contribution is 5.79. The van der Waals surface area contributed by atoms with Crippen LogP contribution < -0.4 is 5.32 Å². The third-order valence-corrected chi connectivity index (χ3v) is 5.71. The molecule has 0 unspecified atom stereocenters. The average molecular weight is 331 g/mol. The molecule has 1 amide bonds. The SMILES string of the molecule is Cc1ccccc1C1(CNC(=O)[C@H]2CCCO[C@H]2C)CCOCC1. The molecule has 2 aliphatic heterocycles. The number of aryl methyl sites for hydroxylation is 1. The summed E-state index contributed by atoms with van der Waals surface area (Å²) in [5.41, 5.74) is 2.63. The minimum Gasteiger partial charge on any atom is -0.381 e. The van der Waals surface area contributed by atoms with Gasteiger partial charge in [0.25, 0.3) is 0 Å². The molecule has 2 fully saturated rings. The van der Waals surface area contributed by atoms with Crippen molar-refractivity contribution in [2.45, 2.75) is 51.0 Å². The molecule has 4 heteroatoms. The highest BCUT2D eigenvalue weighted by Gasteiger charge is 2.37. The van der Waals surface area contributed by atoms with Gasteiger partial charge < -0.3 is 14.8 Å². The Morgan fingerprint density at radius 3 is 2.71 bits per heavy atom. The van der Waals surface area contributed by atoms with Gasteiger partial charge in [-0.3, -0.25) is 4.79 Å². The minimum atomic E-state index is -0.0208. The van der Waals surface area contributed by atoms with Crippen LogP contribution in [0.4, 0.5) is 0 Å². The molecule has 24 heavy (non-hydrogen) atoms. The van der Waals surface area contributed by atoms with E-state index in [9.17, 15) is 4.79 Å². The Kier molecular flexibility index (Phi) is 5.57. The maximum atomic E-state index is 12.7. The van der Waals surface area contributed by atoms with Gasteiger partial charge in [0.05, 0.1) is 12.0 Å². The molecule has 0 aliphatic carbocycles. The van der Waals surface area contributed by atoms with Gasteiger partial charge in [-0.15, -0.1) is 0 Å². The van der Waals surface area contributed by atoms with Crippen LogP contribution >= 0.6 is 0 Å². The van der Waals surface area contributed by atoms with Crippen molar-refractivity contribution in [2.75, 3.05) is 26.4 Å². The van der Waals surface area contributed by atoms with Crippen molar-refractivity contribution in [3.63, 3.8) is 0 Å².